The van der Waals surface area contributed by atoms with Crippen molar-refractivity contribution in [2.24, 2.45) is 0 Å². The zero-order chi connectivity index (χ0) is 31.7. The van der Waals surface area contributed by atoms with Gasteiger partial charge in [-0.15, -0.1) is 0 Å². The van der Waals surface area contributed by atoms with Crippen LogP contribution >= 0.6 is 0 Å². The number of rotatable bonds is 6. The van der Waals surface area contributed by atoms with Crippen molar-refractivity contribution < 1.29 is 62.3 Å². The van der Waals surface area contributed by atoms with E-state index >= 15 is 0 Å². The lowest BCUT2D eigenvalue weighted by Gasteiger charge is -2.15. The van der Waals surface area contributed by atoms with Crippen LogP contribution in [0.15, 0.2) is 54.7 Å². The minimum absolute atomic E-state index is 0.0949. The Hall–Kier alpha value is -4.31. The fourth-order valence-corrected chi connectivity index (χ4v) is 3.50. The van der Waals surface area contributed by atoms with Gasteiger partial charge in [-0.2, -0.15) is 52.7 Å². The summed E-state index contributed by atoms with van der Waals surface area (Å²) in [6.07, 6.45) is -19.6. The van der Waals surface area contributed by atoms with Crippen LogP contribution < -0.4 is 10.6 Å². The predicted molar refractivity (Wildman–Crippen MR) is 119 cm³/mol. The first-order valence-corrected chi connectivity index (χ1v) is 11.2. The van der Waals surface area contributed by atoms with Crippen molar-refractivity contribution in [2.75, 3.05) is 0 Å². The lowest BCUT2D eigenvalue weighted by Crippen LogP contribution is -2.26. The number of hydrogen-bond acceptors (Lipinski definition) is 3. The molecule has 2 N–H and O–H groups in total. The summed E-state index contributed by atoms with van der Waals surface area (Å²) < 4.78 is 156. The number of alkyl halides is 12. The van der Waals surface area contributed by atoms with Gasteiger partial charge in [-0.05, 0) is 59.7 Å². The Kier molecular flexibility index (Phi) is 8.84. The highest BCUT2D eigenvalue weighted by atomic mass is 19.4. The van der Waals surface area contributed by atoms with E-state index in [9.17, 15) is 62.3 Å². The molecule has 0 radical (unpaired) electrons. The first kappa shape index (κ1) is 32.2. The van der Waals surface area contributed by atoms with Gasteiger partial charge in [0.25, 0.3) is 11.8 Å². The summed E-state index contributed by atoms with van der Waals surface area (Å²) in [4.78, 5) is 28.5. The Morgan fingerprint density at radius 2 is 0.905 bits per heavy atom. The van der Waals surface area contributed by atoms with Crippen molar-refractivity contribution in [1.82, 2.24) is 15.6 Å². The van der Waals surface area contributed by atoms with Crippen molar-refractivity contribution in [2.45, 2.75) is 37.8 Å². The monoisotopic (exact) mass is 617 g/mol. The van der Waals surface area contributed by atoms with E-state index in [0.29, 0.717) is 24.3 Å². The van der Waals surface area contributed by atoms with Gasteiger partial charge in [0.05, 0.1) is 22.3 Å². The van der Waals surface area contributed by atoms with Crippen molar-refractivity contribution in [3.63, 3.8) is 0 Å². The molecule has 0 saturated carbocycles. The number of hydrogen-bond donors (Lipinski definition) is 2. The highest BCUT2D eigenvalue weighted by Crippen LogP contribution is 2.37. The molecule has 0 aliphatic carbocycles. The van der Waals surface area contributed by atoms with Crippen LogP contribution in [-0.2, 0) is 37.8 Å². The van der Waals surface area contributed by atoms with Crippen LogP contribution in [0, 0.1) is 0 Å². The minimum atomic E-state index is -5.12. The molecule has 0 bridgehead atoms. The predicted octanol–water partition coefficient (Wildman–Crippen LogP) is 7.02. The molecule has 2 amide bonds. The Labute approximate surface area is 227 Å². The molecule has 0 fully saturated rings. The number of carbonyl (C=O) groups excluding carboxylic acids is 2. The van der Waals surface area contributed by atoms with Gasteiger partial charge < -0.3 is 10.6 Å². The van der Waals surface area contributed by atoms with Gasteiger partial charge in [-0.25, -0.2) is 0 Å². The van der Waals surface area contributed by atoms with E-state index in [0.717, 1.165) is 18.3 Å². The van der Waals surface area contributed by atoms with Crippen molar-refractivity contribution >= 4 is 11.8 Å². The molecular formula is C25H15F12N3O2. The van der Waals surface area contributed by atoms with Gasteiger partial charge in [0, 0.05) is 24.8 Å². The smallest absolute Gasteiger partial charge is 0.348 e. The van der Waals surface area contributed by atoms with Crippen molar-refractivity contribution in [1.29, 1.82) is 0 Å². The summed E-state index contributed by atoms with van der Waals surface area (Å²) in [6, 6.07) is 3.26. The third-order valence-corrected chi connectivity index (χ3v) is 5.46. The summed E-state index contributed by atoms with van der Waals surface area (Å²) in [5, 5.41) is 4.15. The molecule has 1 aromatic heterocycles. The Balaban J connectivity index is 1.74. The fraction of sp³-hybridized carbons (Fsp3) is 0.240. The molecule has 0 aliphatic rings. The number of carbonyl (C=O) groups is 2. The number of halogens is 12. The largest absolute Gasteiger partial charge is 0.416 e. The van der Waals surface area contributed by atoms with Crippen molar-refractivity contribution in [3.8, 4) is 0 Å². The number of aromatic nitrogens is 1. The van der Waals surface area contributed by atoms with Crippen LogP contribution in [0.4, 0.5) is 52.7 Å². The molecule has 0 saturated heterocycles. The van der Waals surface area contributed by atoms with Gasteiger partial charge in [-0.3, -0.25) is 14.6 Å². The first-order valence-electron chi connectivity index (χ1n) is 11.2. The molecule has 3 rings (SSSR count). The minimum Gasteiger partial charge on any atom is -0.348 e. The van der Waals surface area contributed by atoms with E-state index in [2.05, 4.69) is 15.6 Å². The third kappa shape index (κ3) is 8.36. The molecule has 0 spiro atoms. The lowest BCUT2D eigenvalue weighted by molar-refractivity contribution is -0.144. The molecule has 3 aromatic rings. The number of benzene rings is 2. The van der Waals surface area contributed by atoms with Gasteiger partial charge in [0.1, 0.15) is 5.69 Å². The molecule has 17 heteroatoms. The second-order valence-electron chi connectivity index (χ2n) is 8.62. The molecule has 42 heavy (non-hydrogen) atoms. The second kappa shape index (κ2) is 11.5. The Bertz CT molecular complexity index is 1300. The standard InChI is InChI=1S/C25H15F12N3O2/c26-22(27,28)15-3-12(4-16(8-15)23(29,30)31)10-39-20(41)14-1-2-38-19(7-14)21(42)40-11-13-5-17(24(32,33)34)9-18(6-13)25(35,36)37/h1-9H,10-11H2,(H,39,41)(H,40,42). The number of nitrogens with zero attached hydrogens (tertiary/aromatic N) is 1. The van der Waals surface area contributed by atoms with Crippen LogP contribution in [0.5, 0.6) is 0 Å². The lowest BCUT2D eigenvalue weighted by atomic mass is 10.0. The molecule has 0 atom stereocenters. The molecule has 1 heterocycles. The average molecular weight is 617 g/mol. The number of nitrogens with one attached hydrogen (secondary N) is 2. The van der Waals surface area contributed by atoms with Crippen LogP contribution in [0.25, 0.3) is 0 Å². The van der Waals surface area contributed by atoms with Gasteiger partial charge in [0.15, 0.2) is 0 Å². The fourth-order valence-electron chi connectivity index (χ4n) is 3.50. The van der Waals surface area contributed by atoms with Gasteiger partial charge in [-0.1, -0.05) is 0 Å². The average Bonchev–Trinajstić information content (AvgIpc) is 2.88. The Morgan fingerprint density at radius 1 is 0.548 bits per heavy atom. The Morgan fingerprint density at radius 3 is 1.26 bits per heavy atom. The van der Waals surface area contributed by atoms with E-state index < -0.39 is 88.7 Å². The van der Waals surface area contributed by atoms with Gasteiger partial charge >= 0.3 is 24.7 Å². The van der Waals surface area contributed by atoms with E-state index in [1.807, 2.05) is 0 Å². The number of pyridine rings is 1. The molecular weight excluding hydrogens is 602 g/mol. The summed E-state index contributed by atoms with van der Waals surface area (Å²) in [6.45, 7) is -1.59. The van der Waals surface area contributed by atoms with Crippen LogP contribution in [0.3, 0.4) is 0 Å². The van der Waals surface area contributed by atoms with E-state index in [1.165, 1.54) is 0 Å². The first-order chi connectivity index (χ1) is 19.1. The second-order valence-corrected chi connectivity index (χ2v) is 8.62. The van der Waals surface area contributed by atoms with Crippen LogP contribution in [0.1, 0.15) is 54.2 Å². The summed E-state index contributed by atoms with van der Waals surface area (Å²) in [5.74, 6) is -2.17. The summed E-state index contributed by atoms with van der Waals surface area (Å²) in [7, 11) is 0. The van der Waals surface area contributed by atoms with E-state index in [4.69, 9.17) is 0 Å². The van der Waals surface area contributed by atoms with Crippen molar-refractivity contribution in [3.05, 3.63) is 99.4 Å². The van der Waals surface area contributed by atoms with Gasteiger partial charge in [0.2, 0.25) is 0 Å². The van der Waals surface area contributed by atoms with Crippen LogP contribution in [-0.4, -0.2) is 16.8 Å². The zero-order valence-electron chi connectivity index (χ0n) is 20.4. The normalized spacial score (nSPS) is 12.7. The summed E-state index contributed by atoms with van der Waals surface area (Å²) in [5.41, 5.74) is -8.39. The number of amides is 2. The highest BCUT2D eigenvalue weighted by Gasteiger charge is 2.38. The third-order valence-electron chi connectivity index (χ3n) is 5.46. The zero-order valence-corrected chi connectivity index (χ0v) is 20.4. The molecule has 2 aromatic carbocycles. The summed E-state index contributed by atoms with van der Waals surface area (Å²) >= 11 is 0. The highest BCUT2D eigenvalue weighted by molar-refractivity contribution is 5.98. The maximum Gasteiger partial charge on any atom is 0.416 e. The van der Waals surface area contributed by atoms with Crippen LogP contribution in [0.2, 0.25) is 0 Å². The SMILES string of the molecule is O=C(NCc1cc(C(F)(F)F)cc(C(F)(F)F)c1)c1ccnc(C(=O)NCc2cc(C(F)(F)F)cc(C(F)(F)F)c2)c1. The van der Waals surface area contributed by atoms with E-state index in [-0.39, 0.29) is 17.7 Å². The maximum atomic E-state index is 13.0. The maximum absolute atomic E-state index is 13.0. The van der Waals surface area contributed by atoms with E-state index in [1.54, 1.807) is 0 Å². The molecule has 226 valence electrons. The quantitative estimate of drug-likeness (QED) is 0.293. The molecule has 0 unspecified atom stereocenters. The topological polar surface area (TPSA) is 71.1 Å². The molecule has 5 nitrogen and oxygen atoms in total. The molecule has 0 aliphatic heterocycles.